The minimum atomic E-state index is -2.95. The Hall–Kier alpha value is -1.17. The van der Waals surface area contributed by atoms with Crippen molar-refractivity contribution in [1.82, 2.24) is 5.32 Å². The van der Waals surface area contributed by atoms with Gasteiger partial charge in [-0.15, -0.1) is 0 Å². The van der Waals surface area contributed by atoms with Gasteiger partial charge in [0.1, 0.15) is 5.75 Å². The molecule has 3 nitrogen and oxygen atoms in total. The van der Waals surface area contributed by atoms with Crippen LogP contribution in [0.25, 0.3) is 0 Å². The van der Waals surface area contributed by atoms with Gasteiger partial charge in [-0.2, -0.15) is 8.78 Å². The Kier molecular flexibility index (Phi) is 4.50. The van der Waals surface area contributed by atoms with E-state index in [1.165, 1.54) is 50.7 Å². The van der Waals surface area contributed by atoms with E-state index in [9.17, 15) is 13.6 Å². The van der Waals surface area contributed by atoms with Crippen LogP contribution in [0, 0.1) is 23.2 Å². The summed E-state index contributed by atoms with van der Waals surface area (Å²) in [5.74, 6) is 2.01. The van der Waals surface area contributed by atoms with Crippen LogP contribution in [-0.4, -0.2) is 19.1 Å². The first-order chi connectivity index (χ1) is 11.9. The minimum absolute atomic E-state index is 0.0822. The third kappa shape index (κ3) is 3.55. The maximum Gasteiger partial charge on any atom is 0.387 e. The van der Waals surface area contributed by atoms with Crippen molar-refractivity contribution < 1.29 is 18.3 Å². The fourth-order valence-corrected chi connectivity index (χ4v) is 6.11. The van der Waals surface area contributed by atoms with E-state index in [1.54, 1.807) is 6.07 Å². The molecule has 6 heteroatoms. The molecule has 4 aliphatic carbocycles. The second-order valence-corrected chi connectivity index (χ2v) is 9.03. The van der Waals surface area contributed by atoms with Crippen LogP contribution in [0.3, 0.4) is 0 Å². The van der Waals surface area contributed by atoms with Gasteiger partial charge in [-0.1, -0.05) is 15.9 Å². The summed E-state index contributed by atoms with van der Waals surface area (Å²) in [5.41, 5.74) is 0.361. The molecule has 0 heterocycles. The zero-order chi connectivity index (χ0) is 17.6. The molecule has 1 N–H and O–H groups in total. The van der Waals surface area contributed by atoms with Gasteiger partial charge in [-0.05, 0) is 79.9 Å². The van der Waals surface area contributed by atoms with Crippen LogP contribution in [0.15, 0.2) is 22.7 Å². The van der Waals surface area contributed by atoms with Crippen LogP contribution in [0.4, 0.5) is 8.78 Å². The minimum Gasteiger partial charge on any atom is -0.434 e. The summed E-state index contributed by atoms with van der Waals surface area (Å²) >= 11 is 3.29. The molecule has 136 valence electrons. The Morgan fingerprint density at radius 2 is 1.80 bits per heavy atom. The molecule has 0 radical (unpaired) electrons. The maximum absolute atomic E-state index is 12.6. The summed E-state index contributed by atoms with van der Waals surface area (Å²) < 4.78 is 30.3. The summed E-state index contributed by atoms with van der Waals surface area (Å²) in [6, 6.07) is 4.52. The van der Waals surface area contributed by atoms with Gasteiger partial charge in [0.15, 0.2) is 0 Å². The zero-order valence-corrected chi connectivity index (χ0v) is 15.5. The second-order valence-electron chi connectivity index (χ2n) is 8.12. The molecule has 0 saturated heterocycles. The summed E-state index contributed by atoms with van der Waals surface area (Å²) in [5, 5.41) is 3.01. The average molecular weight is 414 g/mol. The quantitative estimate of drug-likeness (QED) is 0.737. The van der Waals surface area contributed by atoms with Crippen LogP contribution >= 0.6 is 15.9 Å². The van der Waals surface area contributed by atoms with Crippen molar-refractivity contribution in [3.8, 4) is 5.75 Å². The number of nitrogens with one attached hydrogen (secondary N) is 1. The molecule has 1 aromatic rings. The van der Waals surface area contributed by atoms with E-state index in [0.717, 1.165) is 17.8 Å². The number of halogens is 3. The van der Waals surface area contributed by atoms with Crippen LogP contribution in [0.2, 0.25) is 0 Å². The number of alkyl halides is 2. The van der Waals surface area contributed by atoms with Crippen LogP contribution < -0.4 is 10.1 Å². The SMILES string of the molecule is O=C(NCC12CC3CC(CC(C3)C1)C2)c1cc(Br)ccc1OC(F)F. The molecule has 0 unspecified atom stereocenters. The van der Waals surface area contributed by atoms with E-state index >= 15 is 0 Å². The largest absolute Gasteiger partial charge is 0.434 e. The molecule has 0 spiro atoms. The fourth-order valence-electron chi connectivity index (χ4n) is 5.75. The fraction of sp³-hybridized carbons (Fsp3) is 0.632. The number of ether oxygens (including phenoxy) is 1. The molecule has 1 aromatic carbocycles. The van der Waals surface area contributed by atoms with Crippen molar-refractivity contribution in [2.45, 2.75) is 45.1 Å². The Bertz CT molecular complexity index is 644. The van der Waals surface area contributed by atoms with E-state index < -0.39 is 6.61 Å². The van der Waals surface area contributed by atoms with Crippen LogP contribution in [0.5, 0.6) is 5.75 Å². The number of amides is 1. The molecule has 5 rings (SSSR count). The van der Waals surface area contributed by atoms with Crippen molar-refractivity contribution in [3.63, 3.8) is 0 Å². The summed E-state index contributed by atoms with van der Waals surface area (Å²) in [6.45, 7) is -2.31. The molecule has 0 aliphatic heterocycles. The Balaban J connectivity index is 1.47. The molecular weight excluding hydrogens is 392 g/mol. The molecule has 4 bridgehead atoms. The summed E-state index contributed by atoms with van der Waals surface area (Å²) in [6.07, 6.45) is 7.64. The lowest BCUT2D eigenvalue weighted by Crippen LogP contribution is -2.51. The second kappa shape index (κ2) is 6.53. The Labute approximate surface area is 154 Å². The third-order valence-electron chi connectivity index (χ3n) is 6.19. The standard InChI is InChI=1S/C19H22BrF2NO2/c20-14-1-2-16(25-18(21)22)15(6-14)17(24)23-10-19-7-11-3-12(8-19)5-13(4-11)9-19/h1-2,6,11-13,18H,3-5,7-10H2,(H,23,24). The lowest BCUT2D eigenvalue weighted by Gasteiger charge is -2.56. The van der Waals surface area contributed by atoms with Crippen molar-refractivity contribution in [2.24, 2.45) is 23.2 Å². The molecule has 4 saturated carbocycles. The predicted molar refractivity (Wildman–Crippen MR) is 93.7 cm³/mol. The molecular formula is C19H22BrF2NO2. The Morgan fingerprint density at radius 3 is 2.36 bits per heavy atom. The number of carbonyl (C=O) groups excluding carboxylic acids is 1. The first-order valence-corrected chi connectivity index (χ1v) is 9.74. The van der Waals surface area contributed by atoms with E-state index in [2.05, 4.69) is 26.0 Å². The number of hydrogen-bond donors (Lipinski definition) is 1. The van der Waals surface area contributed by atoms with E-state index in [1.807, 2.05) is 0 Å². The van der Waals surface area contributed by atoms with Gasteiger partial charge in [0.05, 0.1) is 5.56 Å². The monoisotopic (exact) mass is 413 g/mol. The molecule has 1 amide bonds. The zero-order valence-electron chi connectivity index (χ0n) is 13.9. The summed E-state index contributed by atoms with van der Waals surface area (Å²) in [7, 11) is 0. The predicted octanol–water partition coefficient (Wildman–Crippen LogP) is 5.00. The molecule has 25 heavy (non-hydrogen) atoms. The molecule has 0 atom stereocenters. The molecule has 4 aliphatic rings. The summed E-state index contributed by atoms with van der Waals surface area (Å²) in [4.78, 5) is 12.6. The van der Waals surface area contributed by atoms with Crippen molar-refractivity contribution in [2.75, 3.05) is 6.54 Å². The number of benzene rings is 1. The van der Waals surface area contributed by atoms with Gasteiger partial charge in [-0.25, -0.2) is 0 Å². The van der Waals surface area contributed by atoms with Crippen molar-refractivity contribution >= 4 is 21.8 Å². The molecule has 0 aromatic heterocycles. The first kappa shape index (κ1) is 17.3. The highest BCUT2D eigenvalue weighted by molar-refractivity contribution is 9.10. The van der Waals surface area contributed by atoms with Crippen molar-refractivity contribution in [1.29, 1.82) is 0 Å². The van der Waals surface area contributed by atoms with Gasteiger partial charge in [0.2, 0.25) is 0 Å². The topological polar surface area (TPSA) is 38.3 Å². The van der Waals surface area contributed by atoms with Crippen molar-refractivity contribution in [3.05, 3.63) is 28.2 Å². The first-order valence-electron chi connectivity index (χ1n) is 8.95. The normalized spacial score (nSPS) is 32.9. The highest BCUT2D eigenvalue weighted by Crippen LogP contribution is 2.59. The lowest BCUT2D eigenvalue weighted by molar-refractivity contribution is -0.0518. The van der Waals surface area contributed by atoms with Gasteiger partial charge in [0.25, 0.3) is 5.91 Å². The average Bonchev–Trinajstić information content (AvgIpc) is 2.53. The number of hydrogen-bond acceptors (Lipinski definition) is 2. The van der Waals surface area contributed by atoms with Crippen LogP contribution in [0.1, 0.15) is 48.9 Å². The number of carbonyl (C=O) groups is 1. The van der Waals surface area contributed by atoms with Crippen LogP contribution in [-0.2, 0) is 0 Å². The van der Waals surface area contributed by atoms with E-state index in [4.69, 9.17) is 0 Å². The molecule has 4 fully saturated rings. The van der Waals surface area contributed by atoms with Gasteiger partial charge < -0.3 is 10.1 Å². The van der Waals surface area contributed by atoms with Gasteiger partial charge >= 0.3 is 6.61 Å². The maximum atomic E-state index is 12.6. The van der Waals surface area contributed by atoms with E-state index in [-0.39, 0.29) is 22.6 Å². The van der Waals surface area contributed by atoms with Gasteiger partial charge in [0, 0.05) is 11.0 Å². The highest BCUT2D eigenvalue weighted by Gasteiger charge is 2.50. The van der Waals surface area contributed by atoms with E-state index in [0.29, 0.717) is 11.0 Å². The van der Waals surface area contributed by atoms with Gasteiger partial charge in [-0.3, -0.25) is 4.79 Å². The highest BCUT2D eigenvalue weighted by atomic mass is 79.9. The smallest absolute Gasteiger partial charge is 0.387 e. The lowest BCUT2D eigenvalue weighted by atomic mass is 9.49. The number of rotatable bonds is 5. The third-order valence-corrected chi connectivity index (χ3v) is 6.68. The Morgan fingerprint density at radius 1 is 1.20 bits per heavy atom.